The Hall–Kier alpha value is -3.36. The van der Waals surface area contributed by atoms with Crippen LogP contribution in [0.2, 0.25) is 5.02 Å². The average molecular weight is 556 g/mol. The average Bonchev–Trinajstić information content (AvgIpc) is 2.90. The summed E-state index contributed by atoms with van der Waals surface area (Å²) in [5.74, 6) is -0.831. The maximum absolute atomic E-state index is 13.9. The second-order valence-electron chi connectivity index (χ2n) is 9.19. The molecule has 3 aromatic carbocycles. The van der Waals surface area contributed by atoms with Crippen molar-refractivity contribution in [2.75, 3.05) is 17.4 Å². The largest absolute Gasteiger partial charge is 0.354 e. The zero-order valence-electron chi connectivity index (χ0n) is 22.1. The highest BCUT2D eigenvalue weighted by molar-refractivity contribution is 7.92. The van der Waals surface area contributed by atoms with E-state index < -0.39 is 28.5 Å². The third-order valence-electron chi connectivity index (χ3n) is 6.33. The van der Waals surface area contributed by atoms with Gasteiger partial charge in [0, 0.05) is 13.1 Å². The zero-order valence-corrected chi connectivity index (χ0v) is 23.7. The molecule has 0 aromatic heterocycles. The number of anilines is 1. The molecular formula is C29H34ClN3O4S. The normalized spacial score (nSPS) is 12.0. The molecule has 0 unspecified atom stereocenters. The molecule has 0 saturated heterocycles. The smallest absolute Gasteiger partial charge is 0.264 e. The molecule has 0 heterocycles. The summed E-state index contributed by atoms with van der Waals surface area (Å²) in [7, 11) is -4.16. The van der Waals surface area contributed by atoms with Gasteiger partial charge in [-0.1, -0.05) is 72.6 Å². The number of halogens is 1. The standard InChI is InChI=1S/C29H34ClN3O4S/c1-5-18-31-29(35)23(4)32(19-24-11-7-6-10-22(24)3)28(34)20-33(27-13-9-8-12-26(27)30)38(36,37)25-16-14-21(2)15-17-25/h6-17,23H,5,18-20H2,1-4H3,(H,31,35)/t23-/m1/s1. The SMILES string of the molecule is CCCNC(=O)[C@@H](C)N(Cc1ccccc1C)C(=O)CN(c1ccccc1Cl)S(=O)(=O)c1ccc(C)cc1. The first-order chi connectivity index (χ1) is 18.1. The summed E-state index contributed by atoms with van der Waals surface area (Å²) in [6, 6.07) is 19.6. The van der Waals surface area contributed by atoms with E-state index in [0.717, 1.165) is 27.4 Å². The first-order valence-corrected chi connectivity index (χ1v) is 14.3. The van der Waals surface area contributed by atoms with Crippen molar-refractivity contribution in [1.29, 1.82) is 0 Å². The summed E-state index contributed by atoms with van der Waals surface area (Å²) in [6.07, 6.45) is 0.749. The number of nitrogens with one attached hydrogen (secondary N) is 1. The van der Waals surface area contributed by atoms with E-state index in [1.54, 1.807) is 43.3 Å². The maximum atomic E-state index is 13.9. The van der Waals surface area contributed by atoms with Gasteiger partial charge >= 0.3 is 0 Å². The van der Waals surface area contributed by atoms with Crippen molar-refractivity contribution in [3.8, 4) is 0 Å². The monoisotopic (exact) mass is 555 g/mol. The Morgan fingerprint density at radius 3 is 2.21 bits per heavy atom. The molecule has 0 bridgehead atoms. The Morgan fingerprint density at radius 2 is 1.58 bits per heavy atom. The van der Waals surface area contributed by atoms with Crippen LogP contribution in [0.15, 0.2) is 77.7 Å². The van der Waals surface area contributed by atoms with E-state index in [9.17, 15) is 18.0 Å². The molecule has 38 heavy (non-hydrogen) atoms. The number of carbonyl (C=O) groups excluding carboxylic acids is 2. The number of aryl methyl sites for hydroxylation is 2. The van der Waals surface area contributed by atoms with Crippen molar-refractivity contribution in [3.05, 3.63) is 94.5 Å². The lowest BCUT2D eigenvalue weighted by Crippen LogP contribution is -2.51. The van der Waals surface area contributed by atoms with Crippen LogP contribution >= 0.6 is 11.6 Å². The first-order valence-electron chi connectivity index (χ1n) is 12.5. The Bertz CT molecular complexity index is 1380. The van der Waals surface area contributed by atoms with E-state index in [2.05, 4.69) is 5.32 Å². The summed E-state index contributed by atoms with van der Waals surface area (Å²) in [5, 5.41) is 3.03. The quantitative estimate of drug-likeness (QED) is 0.357. The third kappa shape index (κ3) is 6.94. The van der Waals surface area contributed by atoms with E-state index in [0.29, 0.717) is 6.54 Å². The van der Waals surface area contributed by atoms with Crippen LogP contribution in [0.5, 0.6) is 0 Å². The number of nitrogens with zero attached hydrogens (tertiary/aromatic N) is 2. The van der Waals surface area contributed by atoms with Crippen LogP contribution in [0.1, 0.15) is 37.0 Å². The molecule has 7 nitrogen and oxygen atoms in total. The molecule has 0 saturated carbocycles. The van der Waals surface area contributed by atoms with Crippen molar-refractivity contribution in [1.82, 2.24) is 10.2 Å². The number of carbonyl (C=O) groups is 2. The summed E-state index contributed by atoms with van der Waals surface area (Å²) >= 11 is 6.43. The maximum Gasteiger partial charge on any atom is 0.264 e. The minimum Gasteiger partial charge on any atom is -0.354 e. The van der Waals surface area contributed by atoms with Crippen molar-refractivity contribution < 1.29 is 18.0 Å². The second-order valence-corrected chi connectivity index (χ2v) is 11.5. The fourth-order valence-corrected chi connectivity index (χ4v) is 5.68. The van der Waals surface area contributed by atoms with E-state index >= 15 is 0 Å². The lowest BCUT2D eigenvalue weighted by atomic mass is 10.1. The van der Waals surface area contributed by atoms with E-state index in [4.69, 9.17) is 11.6 Å². The molecule has 202 valence electrons. The van der Waals surface area contributed by atoms with Crippen molar-refractivity contribution in [3.63, 3.8) is 0 Å². The first kappa shape index (κ1) is 29.2. The van der Waals surface area contributed by atoms with Crippen molar-refractivity contribution in [2.45, 2.75) is 51.6 Å². The molecule has 0 radical (unpaired) electrons. The van der Waals surface area contributed by atoms with E-state index in [-0.39, 0.29) is 28.1 Å². The molecule has 0 spiro atoms. The van der Waals surface area contributed by atoms with Crippen molar-refractivity contribution in [2.24, 2.45) is 0 Å². The number of rotatable bonds is 11. The van der Waals surface area contributed by atoms with Gasteiger partial charge in [-0.05, 0) is 62.6 Å². The van der Waals surface area contributed by atoms with Gasteiger partial charge in [0.1, 0.15) is 12.6 Å². The predicted molar refractivity (Wildman–Crippen MR) is 152 cm³/mol. The highest BCUT2D eigenvalue weighted by Gasteiger charge is 2.33. The molecular weight excluding hydrogens is 522 g/mol. The zero-order chi connectivity index (χ0) is 27.9. The van der Waals surface area contributed by atoms with Gasteiger partial charge in [-0.15, -0.1) is 0 Å². The van der Waals surface area contributed by atoms with Crippen LogP contribution in [0.4, 0.5) is 5.69 Å². The molecule has 0 aliphatic heterocycles. The molecule has 9 heteroatoms. The Kier molecular flexibility index (Phi) is 9.94. The number of hydrogen-bond donors (Lipinski definition) is 1. The van der Waals surface area contributed by atoms with E-state index in [1.807, 2.05) is 45.0 Å². The molecule has 0 aliphatic carbocycles. The molecule has 3 rings (SSSR count). The third-order valence-corrected chi connectivity index (χ3v) is 8.42. The van der Waals surface area contributed by atoms with E-state index in [1.165, 1.54) is 17.0 Å². The summed E-state index contributed by atoms with van der Waals surface area (Å²) in [5.41, 5.74) is 2.91. The highest BCUT2D eigenvalue weighted by atomic mass is 35.5. The number of amides is 2. The number of hydrogen-bond acceptors (Lipinski definition) is 4. The van der Waals surface area contributed by atoms with Crippen LogP contribution in [0, 0.1) is 13.8 Å². The number of para-hydroxylation sites is 1. The molecule has 1 atom stereocenters. The summed E-state index contributed by atoms with van der Waals surface area (Å²) < 4.78 is 28.7. The minimum atomic E-state index is -4.16. The molecule has 1 N–H and O–H groups in total. The predicted octanol–water partition coefficient (Wildman–Crippen LogP) is 5.10. The molecule has 0 aliphatic rings. The van der Waals surface area contributed by atoms with Gasteiger partial charge in [-0.2, -0.15) is 0 Å². The Balaban J connectivity index is 2.04. The van der Waals surface area contributed by atoms with Gasteiger partial charge in [-0.25, -0.2) is 8.42 Å². The Morgan fingerprint density at radius 1 is 0.947 bits per heavy atom. The van der Waals surface area contributed by atoms with Crippen LogP contribution < -0.4 is 9.62 Å². The molecule has 2 amide bonds. The fraction of sp³-hybridized carbons (Fsp3) is 0.310. The summed E-state index contributed by atoms with van der Waals surface area (Å²) in [4.78, 5) is 28.3. The number of benzene rings is 3. The van der Waals surface area contributed by atoms with Gasteiger partial charge in [-0.3, -0.25) is 13.9 Å². The van der Waals surface area contributed by atoms with Crippen LogP contribution in [-0.4, -0.2) is 44.3 Å². The summed E-state index contributed by atoms with van der Waals surface area (Å²) in [6.45, 7) is 7.47. The molecule has 3 aromatic rings. The van der Waals surface area contributed by atoms with Crippen LogP contribution in [0.25, 0.3) is 0 Å². The molecule has 0 fully saturated rings. The fourth-order valence-electron chi connectivity index (χ4n) is 3.95. The van der Waals surface area contributed by atoms with Crippen LogP contribution in [-0.2, 0) is 26.2 Å². The van der Waals surface area contributed by atoms with Gasteiger partial charge in [0.15, 0.2) is 0 Å². The van der Waals surface area contributed by atoms with Gasteiger partial charge in [0.2, 0.25) is 11.8 Å². The topological polar surface area (TPSA) is 86.8 Å². The van der Waals surface area contributed by atoms with Crippen LogP contribution in [0.3, 0.4) is 0 Å². The van der Waals surface area contributed by atoms with Crippen molar-refractivity contribution >= 4 is 39.1 Å². The second kappa shape index (κ2) is 12.9. The minimum absolute atomic E-state index is 0.0370. The number of sulfonamides is 1. The lowest BCUT2D eigenvalue weighted by Gasteiger charge is -2.32. The lowest BCUT2D eigenvalue weighted by molar-refractivity contribution is -0.139. The van der Waals surface area contributed by atoms with Gasteiger partial charge < -0.3 is 10.2 Å². The Labute approximate surface area is 230 Å². The highest BCUT2D eigenvalue weighted by Crippen LogP contribution is 2.31. The van der Waals surface area contributed by atoms with Gasteiger partial charge in [0.05, 0.1) is 15.6 Å². The van der Waals surface area contributed by atoms with Gasteiger partial charge in [0.25, 0.3) is 10.0 Å².